The van der Waals surface area contributed by atoms with Gasteiger partial charge in [0.15, 0.2) is 16.4 Å². The molecule has 0 N–H and O–H groups in total. The van der Waals surface area contributed by atoms with Crippen LogP contribution in [-0.4, -0.2) is 26.3 Å². The molecule has 0 fully saturated rings. The van der Waals surface area contributed by atoms with Crippen LogP contribution in [0.25, 0.3) is 11.6 Å². The molecule has 1 aromatic carbocycles. The summed E-state index contributed by atoms with van der Waals surface area (Å²) in [5.41, 5.74) is 0.458. The van der Waals surface area contributed by atoms with Gasteiger partial charge in [-0.25, -0.2) is 9.07 Å². The van der Waals surface area contributed by atoms with Crippen LogP contribution in [0.4, 0.5) is 4.39 Å². The zero-order chi connectivity index (χ0) is 18.0. The Balaban J connectivity index is 1.84. The van der Waals surface area contributed by atoms with Crippen LogP contribution in [0.3, 0.4) is 0 Å². The van der Waals surface area contributed by atoms with E-state index >= 15 is 0 Å². The Hall–Kier alpha value is -1.96. The molecule has 0 atom stereocenters. The van der Waals surface area contributed by atoms with Crippen LogP contribution in [0.1, 0.15) is 12.5 Å². The van der Waals surface area contributed by atoms with Gasteiger partial charge in [0.1, 0.15) is 5.82 Å². The van der Waals surface area contributed by atoms with Gasteiger partial charge in [0.05, 0.1) is 12.9 Å². The molecule has 3 rings (SSSR count). The van der Waals surface area contributed by atoms with E-state index in [1.165, 1.54) is 6.07 Å². The van der Waals surface area contributed by atoms with Gasteiger partial charge in [0.25, 0.3) is 0 Å². The summed E-state index contributed by atoms with van der Waals surface area (Å²) in [6.45, 7) is 3.43. The van der Waals surface area contributed by atoms with Gasteiger partial charge in [0, 0.05) is 23.7 Å². The second kappa shape index (κ2) is 7.51. The van der Waals surface area contributed by atoms with Gasteiger partial charge in [-0.3, -0.25) is 9.47 Å². The zero-order valence-corrected chi connectivity index (χ0v) is 15.5. The molecule has 0 radical (unpaired) electrons. The molecule has 0 aliphatic carbocycles. The van der Waals surface area contributed by atoms with Crippen molar-refractivity contribution in [2.24, 2.45) is 0 Å². The minimum absolute atomic E-state index is 0.321. The quantitative estimate of drug-likeness (QED) is 0.587. The van der Waals surface area contributed by atoms with E-state index in [1.807, 2.05) is 35.6 Å². The maximum absolute atomic E-state index is 14.0. The van der Waals surface area contributed by atoms with Crippen LogP contribution < -0.4 is 0 Å². The molecule has 5 nitrogen and oxygen atoms in total. The van der Waals surface area contributed by atoms with Gasteiger partial charge in [0.2, 0.25) is 0 Å². The highest BCUT2D eigenvalue weighted by atomic mass is 35.5. The first-order valence-electron chi connectivity index (χ1n) is 7.84. The van der Waals surface area contributed by atoms with Crippen LogP contribution >= 0.6 is 23.8 Å². The first-order valence-corrected chi connectivity index (χ1v) is 8.62. The van der Waals surface area contributed by atoms with Crippen LogP contribution in [0, 0.1) is 10.6 Å². The molecule has 0 spiro atoms. The van der Waals surface area contributed by atoms with Gasteiger partial charge < -0.3 is 4.42 Å². The third-order valence-corrected chi connectivity index (χ3v) is 4.63. The molecule has 0 aliphatic rings. The number of nitrogens with zero attached hydrogens (tertiary/aromatic N) is 4. The summed E-state index contributed by atoms with van der Waals surface area (Å²) in [7, 11) is 1.86. The van der Waals surface area contributed by atoms with E-state index in [0.29, 0.717) is 46.7 Å². The normalized spacial score (nSPS) is 11.4. The standard InChI is InChI=1S/C17H18ClFN4OS/c1-3-22-16(15-8-5-9-24-15)20-23(17(22)25)11-21(2)10-12-13(18)6-4-7-14(12)19/h4-9H,3,10-11H2,1-2H3. The van der Waals surface area contributed by atoms with E-state index in [-0.39, 0.29) is 5.82 Å². The van der Waals surface area contributed by atoms with E-state index in [9.17, 15) is 4.39 Å². The van der Waals surface area contributed by atoms with Crippen LogP contribution in [0.2, 0.25) is 5.02 Å². The van der Waals surface area contributed by atoms with Crippen molar-refractivity contribution in [2.45, 2.75) is 26.7 Å². The Labute approximate surface area is 155 Å². The molecule has 2 heterocycles. The lowest BCUT2D eigenvalue weighted by Gasteiger charge is -2.17. The topological polar surface area (TPSA) is 39.1 Å². The summed E-state index contributed by atoms with van der Waals surface area (Å²) in [6.07, 6.45) is 1.60. The minimum atomic E-state index is -0.321. The van der Waals surface area contributed by atoms with Gasteiger partial charge in [-0.15, -0.1) is 5.10 Å². The van der Waals surface area contributed by atoms with Gasteiger partial charge in [-0.2, -0.15) is 0 Å². The lowest BCUT2D eigenvalue weighted by atomic mass is 10.2. The zero-order valence-electron chi connectivity index (χ0n) is 13.9. The molecule has 0 aliphatic heterocycles. The average Bonchev–Trinajstić information content (AvgIpc) is 3.20. The maximum Gasteiger partial charge on any atom is 0.199 e. The summed E-state index contributed by atoms with van der Waals surface area (Å²) in [4.78, 5) is 1.90. The molecule has 25 heavy (non-hydrogen) atoms. The van der Waals surface area contributed by atoms with Gasteiger partial charge in [-0.05, 0) is 50.5 Å². The smallest absolute Gasteiger partial charge is 0.199 e. The lowest BCUT2D eigenvalue weighted by molar-refractivity contribution is 0.241. The molecule has 0 saturated heterocycles. The summed E-state index contributed by atoms with van der Waals surface area (Å²) in [5.74, 6) is 1.01. The van der Waals surface area contributed by atoms with E-state index in [2.05, 4.69) is 5.10 Å². The predicted octanol–water partition coefficient (Wildman–Crippen LogP) is 4.58. The fourth-order valence-corrected chi connectivity index (χ4v) is 3.18. The van der Waals surface area contributed by atoms with Crippen molar-refractivity contribution in [3.63, 3.8) is 0 Å². The second-order valence-corrected chi connectivity index (χ2v) is 6.46. The predicted molar refractivity (Wildman–Crippen MR) is 97.3 cm³/mol. The SMILES string of the molecule is CCn1c(-c2ccco2)nn(CN(C)Cc2c(F)cccc2Cl)c1=S. The number of hydrogen-bond acceptors (Lipinski definition) is 4. The third-order valence-electron chi connectivity index (χ3n) is 3.85. The number of rotatable bonds is 6. The largest absolute Gasteiger partial charge is 0.461 e. The van der Waals surface area contributed by atoms with Crippen molar-refractivity contribution < 1.29 is 8.81 Å². The minimum Gasteiger partial charge on any atom is -0.461 e. The Bertz CT molecular complexity index is 899. The van der Waals surface area contributed by atoms with Crippen molar-refractivity contribution in [3.8, 4) is 11.6 Å². The first kappa shape index (κ1) is 17.8. The van der Waals surface area contributed by atoms with Gasteiger partial charge in [-0.1, -0.05) is 17.7 Å². The number of aromatic nitrogens is 3. The van der Waals surface area contributed by atoms with E-state index in [4.69, 9.17) is 28.2 Å². The fourth-order valence-electron chi connectivity index (χ4n) is 2.64. The van der Waals surface area contributed by atoms with Crippen molar-refractivity contribution in [1.82, 2.24) is 19.2 Å². The van der Waals surface area contributed by atoms with Crippen molar-refractivity contribution in [3.05, 3.63) is 57.8 Å². The van der Waals surface area contributed by atoms with Crippen molar-refractivity contribution in [2.75, 3.05) is 7.05 Å². The number of benzene rings is 1. The number of furan rings is 1. The highest BCUT2D eigenvalue weighted by Crippen LogP contribution is 2.22. The maximum atomic E-state index is 14.0. The fraction of sp³-hybridized carbons (Fsp3) is 0.294. The first-order chi connectivity index (χ1) is 12.0. The molecular weight excluding hydrogens is 363 g/mol. The second-order valence-electron chi connectivity index (χ2n) is 5.68. The lowest BCUT2D eigenvalue weighted by Crippen LogP contribution is -2.23. The van der Waals surface area contributed by atoms with Gasteiger partial charge >= 0.3 is 0 Å². The molecule has 3 aromatic rings. The molecule has 0 saturated carbocycles. The Morgan fingerprint density at radius 3 is 2.76 bits per heavy atom. The summed E-state index contributed by atoms with van der Waals surface area (Å²) in [6, 6.07) is 8.33. The summed E-state index contributed by atoms with van der Waals surface area (Å²) in [5, 5.41) is 4.97. The molecule has 0 unspecified atom stereocenters. The van der Waals surface area contributed by atoms with Crippen LogP contribution in [-0.2, 0) is 19.8 Å². The van der Waals surface area contributed by atoms with Crippen molar-refractivity contribution in [1.29, 1.82) is 0 Å². The van der Waals surface area contributed by atoms with E-state index < -0.39 is 0 Å². The van der Waals surface area contributed by atoms with E-state index in [0.717, 1.165) is 0 Å². The monoisotopic (exact) mass is 380 g/mol. The molecule has 8 heteroatoms. The van der Waals surface area contributed by atoms with Crippen molar-refractivity contribution >= 4 is 23.8 Å². The number of hydrogen-bond donors (Lipinski definition) is 0. The highest BCUT2D eigenvalue weighted by molar-refractivity contribution is 7.71. The summed E-state index contributed by atoms with van der Waals surface area (Å²) < 4.78 is 23.6. The molecule has 132 valence electrons. The molecule has 2 aromatic heterocycles. The Morgan fingerprint density at radius 1 is 1.32 bits per heavy atom. The van der Waals surface area contributed by atoms with Crippen LogP contribution in [0.15, 0.2) is 41.0 Å². The van der Waals surface area contributed by atoms with Crippen LogP contribution in [0.5, 0.6) is 0 Å². The third kappa shape index (κ3) is 3.68. The molecule has 0 bridgehead atoms. The molecular formula is C17H18ClFN4OS. The number of halogens is 2. The molecule has 0 amide bonds. The highest BCUT2D eigenvalue weighted by Gasteiger charge is 2.16. The van der Waals surface area contributed by atoms with E-state index in [1.54, 1.807) is 23.1 Å². The average molecular weight is 381 g/mol. The Kier molecular flexibility index (Phi) is 5.36. The summed E-state index contributed by atoms with van der Waals surface area (Å²) >= 11 is 11.6. The Morgan fingerprint density at radius 2 is 2.12 bits per heavy atom.